The molecule has 2 rings (SSSR count). The highest BCUT2D eigenvalue weighted by Gasteiger charge is 2.10. The zero-order chi connectivity index (χ0) is 13.0. The molecule has 1 heterocycles. The standard InChI is InChI=1S/C14H20N4/c1-3-5-14-13(9-15)16-17-18(14)10-12-7-4-6-11(2)8-12/h4,6-8H,3,5,9-10,15H2,1-2H3. The summed E-state index contributed by atoms with van der Waals surface area (Å²) in [4.78, 5) is 0. The highest BCUT2D eigenvalue weighted by molar-refractivity contribution is 5.23. The third-order valence-corrected chi connectivity index (χ3v) is 3.01. The van der Waals surface area contributed by atoms with Crippen molar-refractivity contribution in [3.63, 3.8) is 0 Å². The molecule has 1 aromatic carbocycles. The van der Waals surface area contributed by atoms with E-state index in [0.717, 1.165) is 25.1 Å². The van der Waals surface area contributed by atoms with Gasteiger partial charge < -0.3 is 5.73 Å². The predicted molar refractivity (Wildman–Crippen MR) is 72.2 cm³/mol. The summed E-state index contributed by atoms with van der Waals surface area (Å²) in [6.07, 6.45) is 2.06. The van der Waals surface area contributed by atoms with Crippen LogP contribution in [0.2, 0.25) is 0 Å². The molecule has 1 aromatic heterocycles. The van der Waals surface area contributed by atoms with Crippen molar-refractivity contribution in [2.45, 2.75) is 39.8 Å². The fraction of sp³-hybridized carbons (Fsp3) is 0.429. The van der Waals surface area contributed by atoms with Crippen LogP contribution in [-0.2, 0) is 19.5 Å². The largest absolute Gasteiger partial charge is 0.325 e. The van der Waals surface area contributed by atoms with Crippen LogP contribution in [0.25, 0.3) is 0 Å². The van der Waals surface area contributed by atoms with Crippen molar-refractivity contribution in [2.24, 2.45) is 5.73 Å². The Bertz CT molecular complexity index is 516. The molecule has 18 heavy (non-hydrogen) atoms. The van der Waals surface area contributed by atoms with Crippen LogP contribution >= 0.6 is 0 Å². The number of nitrogens with two attached hydrogens (primary N) is 1. The molecule has 0 unspecified atom stereocenters. The maximum atomic E-state index is 5.70. The lowest BCUT2D eigenvalue weighted by atomic mass is 10.1. The van der Waals surface area contributed by atoms with Crippen LogP contribution in [0, 0.1) is 6.92 Å². The Morgan fingerprint density at radius 2 is 2.17 bits per heavy atom. The van der Waals surface area contributed by atoms with Gasteiger partial charge in [0.2, 0.25) is 0 Å². The molecule has 0 atom stereocenters. The molecule has 0 fully saturated rings. The third kappa shape index (κ3) is 2.76. The van der Waals surface area contributed by atoms with E-state index in [-0.39, 0.29) is 0 Å². The summed E-state index contributed by atoms with van der Waals surface area (Å²) < 4.78 is 1.97. The minimum Gasteiger partial charge on any atom is -0.325 e. The number of nitrogens with zero attached hydrogens (tertiary/aromatic N) is 3. The van der Waals surface area contributed by atoms with Crippen molar-refractivity contribution in [2.75, 3.05) is 0 Å². The highest BCUT2D eigenvalue weighted by Crippen LogP contribution is 2.11. The fourth-order valence-electron chi connectivity index (χ4n) is 2.15. The normalized spacial score (nSPS) is 10.8. The molecule has 0 aliphatic rings. The Balaban J connectivity index is 2.25. The lowest BCUT2D eigenvalue weighted by molar-refractivity contribution is 0.613. The maximum Gasteiger partial charge on any atom is 0.0994 e. The van der Waals surface area contributed by atoms with Crippen molar-refractivity contribution < 1.29 is 0 Å². The Morgan fingerprint density at radius 1 is 1.33 bits per heavy atom. The van der Waals surface area contributed by atoms with E-state index >= 15 is 0 Å². The van der Waals surface area contributed by atoms with E-state index in [1.54, 1.807) is 0 Å². The summed E-state index contributed by atoms with van der Waals surface area (Å²) in [5.74, 6) is 0. The average Bonchev–Trinajstić information content (AvgIpc) is 2.72. The van der Waals surface area contributed by atoms with Crippen LogP contribution in [0.1, 0.15) is 35.9 Å². The summed E-state index contributed by atoms with van der Waals surface area (Å²) in [7, 11) is 0. The lowest BCUT2D eigenvalue weighted by Gasteiger charge is -2.07. The molecule has 0 saturated heterocycles. The SMILES string of the molecule is CCCc1c(CN)nnn1Cc1cccc(C)c1. The lowest BCUT2D eigenvalue weighted by Crippen LogP contribution is -2.09. The third-order valence-electron chi connectivity index (χ3n) is 3.01. The first kappa shape index (κ1) is 12.8. The van der Waals surface area contributed by atoms with E-state index < -0.39 is 0 Å². The minimum atomic E-state index is 0.461. The van der Waals surface area contributed by atoms with Gasteiger partial charge in [-0.15, -0.1) is 5.10 Å². The van der Waals surface area contributed by atoms with E-state index in [0.29, 0.717) is 6.54 Å². The number of hydrogen-bond acceptors (Lipinski definition) is 3. The van der Waals surface area contributed by atoms with E-state index in [4.69, 9.17) is 5.73 Å². The van der Waals surface area contributed by atoms with Crippen molar-refractivity contribution >= 4 is 0 Å². The second-order valence-corrected chi connectivity index (χ2v) is 4.58. The summed E-state index contributed by atoms with van der Waals surface area (Å²) >= 11 is 0. The van der Waals surface area contributed by atoms with E-state index in [1.165, 1.54) is 16.8 Å². The highest BCUT2D eigenvalue weighted by atomic mass is 15.4. The topological polar surface area (TPSA) is 56.7 Å². The van der Waals surface area contributed by atoms with Gasteiger partial charge in [-0.2, -0.15) is 0 Å². The maximum absolute atomic E-state index is 5.70. The molecule has 4 heteroatoms. The number of rotatable bonds is 5. The molecule has 0 aliphatic carbocycles. The molecular weight excluding hydrogens is 224 g/mol. The second-order valence-electron chi connectivity index (χ2n) is 4.58. The van der Waals surface area contributed by atoms with Crippen LogP contribution in [0.3, 0.4) is 0 Å². The van der Waals surface area contributed by atoms with Crippen LogP contribution in [0.15, 0.2) is 24.3 Å². The van der Waals surface area contributed by atoms with Crippen LogP contribution in [0.5, 0.6) is 0 Å². The number of aryl methyl sites for hydroxylation is 1. The van der Waals surface area contributed by atoms with Gasteiger partial charge in [0.15, 0.2) is 0 Å². The smallest absolute Gasteiger partial charge is 0.0994 e. The van der Waals surface area contributed by atoms with E-state index in [1.807, 2.05) is 4.68 Å². The number of aromatic nitrogens is 3. The van der Waals surface area contributed by atoms with Gasteiger partial charge >= 0.3 is 0 Å². The van der Waals surface area contributed by atoms with Gasteiger partial charge in [-0.3, -0.25) is 0 Å². The monoisotopic (exact) mass is 244 g/mol. The summed E-state index contributed by atoms with van der Waals surface area (Å²) in [5.41, 5.74) is 10.3. The molecule has 2 aromatic rings. The van der Waals surface area contributed by atoms with Gasteiger partial charge in [0.1, 0.15) is 0 Å². The summed E-state index contributed by atoms with van der Waals surface area (Å²) in [6.45, 7) is 5.49. The van der Waals surface area contributed by atoms with Crippen molar-refractivity contribution in [3.8, 4) is 0 Å². The van der Waals surface area contributed by atoms with Gasteiger partial charge in [0, 0.05) is 6.54 Å². The van der Waals surface area contributed by atoms with E-state index in [2.05, 4.69) is 48.4 Å². The first-order valence-electron chi connectivity index (χ1n) is 6.41. The van der Waals surface area contributed by atoms with Crippen LogP contribution in [-0.4, -0.2) is 15.0 Å². The van der Waals surface area contributed by atoms with Crippen LogP contribution in [0.4, 0.5) is 0 Å². The minimum absolute atomic E-state index is 0.461. The molecule has 0 aliphatic heterocycles. The molecule has 2 N–H and O–H groups in total. The fourth-order valence-corrected chi connectivity index (χ4v) is 2.15. The molecule has 0 amide bonds. The van der Waals surface area contributed by atoms with Gasteiger partial charge in [-0.05, 0) is 18.9 Å². The van der Waals surface area contributed by atoms with Crippen molar-refractivity contribution in [1.82, 2.24) is 15.0 Å². The molecule has 4 nitrogen and oxygen atoms in total. The van der Waals surface area contributed by atoms with Gasteiger partial charge in [0.25, 0.3) is 0 Å². The first-order chi connectivity index (χ1) is 8.74. The Morgan fingerprint density at radius 3 is 2.83 bits per heavy atom. The molecule has 0 saturated carbocycles. The molecular formula is C14H20N4. The molecule has 96 valence electrons. The van der Waals surface area contributed by atoms with E-state index in [9.17, 15) is 0 Å². The average molecular weight is 244 g/mol. The number of hydrogen-bond donors (Lipinski definition) is 1. The van der Waals surface area contributed by atoms with Crippen molar-refractivity contribution in [3.05, 3.63) is 46.8 Å². The van der Waals surface area contributed by atoms with Gasteiger partial charge in [0.05, 0.1) is 17.9 Å². The molecule has 0 spiro atoms. The zero-order valence-electron chi connectivity index (χ0n) is 11.1. The summed E-state index contributed by atoms with van der Waals surface area (Å²) in [6, 6.07) is 8.47. The van der Waals surface area contributed by atoms with Gasteiger partial charge in [-0.1, -0.05) is 48.4 Å². The quantitative estimate of drug-likeness (QED) is 0.875. The predicted octanol–water partition coefficient (Wildman–Crippen LogP) is 2.05. The first-order valence-corrected chi connectivity index (χ1v) is 6.41. The van der Waals surface area contributed by atoms with Crippen molar-refractivity contribution in [1.29, 1.82) is 0 Å². The molecule has 0 radical (unpaired) electrons. The Labute approximate surface area is 108 Å². The Kier molecular flexibility index (Phi) is 4.10. The summed E-state index contributed by atoms with van der Waals surface area (Å²) in [5, 5.41) is 8.38. The Hall–Kier alpha value is -1.68. The number of benzene rings is 1. The van der Waals surface area contributed by atoms with Crippen LogP contribution < -0.4 is 5.73 Å². The molecule has 0 bridgehead atoms. The van der Waals surface area contributed by atoms with Gasteiger partial charge in [-0.25, -0.2) is 4.68 Å². The zero-order valence-corrected chi connectivity index (χ0v) is 11.1. The second kappa shape index (κ2) is 5.78.